The number of pyridine rings is 1. The van der Waals surface area contributed by atoms with Gasteiger partial charge in [0.05, 0.1) is 13.1 Å². The molecule has 1 aromatic heterocycles. The molecule has 28 heavy (non-hydrogen) atoms. The lowest BCUT2D eigenvalue weighted by molar-refractivity contribution is -0.144. The molecule has 1 N–H and O–H groups in total. The molecule has 2 aliphatic rings. The Morgan fingerprint density at radius 2 is 1.89 bits per heavy atom. The quantitative estimate of drug-likeness (QED) is 0.859. The van der Waals surface area contributed by atoms with Crippen LogP contribution < -0.4 is 10.5 Å². The number of piperidine rings is 1. The minimum absolute atomic E-state index is 0.0119. The van der Waals surface area contributed by atoms with Crippen molar-refractivity contribution in [2.24, 2.45) is 0 Å². The van der Waals surface area contributed by atoms with Gasteiger partial charge in [-0.2, -0.15) is 0 Å². The number of rotatable bonds is 2. The summed E-state index contributed by atoms with van der Waals surface area (Å²) < 4.78 is 5.97. The number of aryl methyl sites for hydroxylation is 1. The number of benzene rings is 1. The highest BCUT2D eigenvalue weighted by Crippen LogP contribution is 2.32. The summed E-state index contributed by atoms with van der Waals surface area (Å²) in [5.74, 6) is -0.387. The van der Waals surface area contributed by atoms with Crippen LogP contribution in [0.3, 0.4) is 0 Å². The summed E-state index contributed by atoms with van der Waals surface area (Å²) in [4.78, 5) is 43.6. The van der Waals surface area contributed by atoms with E-state index in [0.29, 0.717) is 25.3 Å². The van der Waals surface area contributed by atoms with Crippen LogP contribution >= 0.6 is 0 Å². The first kappa shape index (κ1) is 18.4. The fourth-order valence-electron chi connectivity index (χ4n) is 3.99. The third-order valence-corrected chi connectivity index (χ3v) is 5.43. The number of aromatic amines is 1. The van der Waals surface area contributed by atoms with Crippen molar-refractivity contribution >= 4 is 17.5 Å². The van der Waals surface area contributed by atoms with E-state index in [1.165, 1.54) is 0 Å². The maximum absolute atomic E-state index is 12.9. The molecule has 3 heterocycles. The molecule has 0 radical (unpaired) electrons. The summed E-state index contributed by atoms with van der Waals surface area (Å²) in [6.07, 6.45) is 1.52. The van der Waals surface area contributed by atoms with Crippen LogP contribution in [0, 0.1) is 6.92 Å². The molecule has 0 aliphatic carbocycles. The number of amides is 2. The van der Waals surface area contributed by atoms with Crippen LogP contribution in [0.25, 0.3) is 0 Å². The summed E-state index contributed by atoms with van der Waals surface area (Å²) in [6, 6.07) is 12.8. The van der Waals surface area contributed by atoms with Gasteiger partial charge in [0.2, 0.25) is 0 Å². The van der Waals surface area contributed by atoms with Gasteiger partial charge in [0.15, 0.2) is 0 Å². The van der Waals surface area contributed by atoms with Crippen LogP contribution in [-0.4, -0.2) is 53.5 Å². The molecule has 2 fully saturated rings. The molecular weight excluding hydrogens is 358 g/mol. The van der Waals surface area contributed by atoms with E-state index in [9.17, 15) is 14.4 Å². The first-order valence-electron chi connectivity index (χ1n) is 9.46. The smallest absolute Gasteiger partial charge is 0.260 e. The summed E-state index contributed by atoms with van der Waals surface area (Å²) in [7, 11) is 0. The lowest BCUT2D eigenvalue weighted by Crippen LogP contribution is -2.62. The van der Waals surface area contributed by atoms with Gasteiger partial charge >= 0.3 is 0 Å². The molecular formula is C21H23N3O4. The average molecular weight is 381 g/mol. The van der Waals surface area contributed by atoms with E-state index < -0.39 is 5.60 Å². The average Bonchev–Trinajstić information content (AvgIpc) is 2.70. The van der Waals surface area contributed by atoms with Gasteiger partial charge in [-0.1, -0.05) is 18.2 Å². The Morgan fingerprint density at radius 1 is 1.11 bits per heavy atom. The molecule has 4 rings (SSSR count). The minimum atomic E-state index is -0.616. The second kappa shape index (κ2) is 7.24. The van der Waals surface area contributed by atoms with E-state index in [0.717, 1.165) is 18.5 Å². The molecule has 2 saturated heterocycles. The van der Waals surface area contributed by atoms with Crippen LogP contribution in [0.5, 0.6) is 0 Å². The Morgan fingerprint density at radius 3 is 2.64 bits per heavy atom. The summed E-state index contributed by atoms with van der Waals surface area (Å²) in [5.41, 5.74) is 0.678. The Balaban J connectivity index is 1.56. The Bertz CT molecular complexity index is 956. The predicted molar refractivity (Wildman–Crippen MR) is 104 cm³/mol. The molecule has 2 amide bonds. The molecule has 7 heteroatoms. The Kier molecular flexibility index (Phi) is 4.77. The number of nitrogens with zero attached hydrogens (tertiary/aromatic N) is 2. The Labute approximate surface area is 162 Å². The van der Waals surface area contributed by atoms with Crippen molar-refractivity contribution in [3.63, 3.8) is 0 Å². The van der Waals surface area contributed by atoms with Crippen molar-refractivity contribution < 1.29 is 14.3 Å². The Hall–Kier alpha value is -2.93. The van der Waals surface area contributed by atoms with Gasteiger partial charge in [0.25, 0.3) is 17.4 Å². The van der Waals surface area contributed by atoms with E-state index >= 15 is 0 Å². The van der Waals surface area contributed by atoms with Gasteiger partial charge in [-0.05, 0) is 44.0 Å². The van der Waals surface area contributed by atoms with Gasteiger partial charge in [0.1, 0.15) is 17.8 Å². The first-order chi connectivity index (χ1) is 13.5. The number of anilines is 1. The number of nitrogens with one attached hydrogen (secondary N) is 1. The van der Waals surface area contributed by atoms with Gasteiger partial charge in [-0.25, -0.2) is 0 Å². The highest BCUT2D eigenvalue weighted by atomic mass is 16.5. The molecule has 1 atom stereocenters. The zero-order chi connectivity index (χ0) is 19.7. The lowest BCUT2D eigenvalue weighted by atomic mass is 9.90. The zero-order valence-corrected chi connectivity index (χ0v) is 15.8. The number of ether oxygens (including phenoxy) is 1. The highest BCUT2D eigenvalue weighted by Gasteiger charge is 2.44. The molecule has 1 unspecified atom stereocenters. The van der Waals surface area contributed by atoms with E-state index in [1.807, 2.05) is 30.3 Å². The summed E-state index contributed by atoms with van der Waals surface area (Å²) >= 11 is 0. The van der Waals surface area contributed by atoms with Gasteiger partial charge in [0, 0.05) is 17.9 Å². The van der Waals surface area contributed by atoms with E-state index in [-0.39, 0.29) is 29.5 Å². The lowest BCUT2D eigenvalue weighted by Gasteiger charge is -2.47. The van der Waals surface area contributed by atoms with E-state index in [1.54, 1.807) is 28.9 Å². The number of hydrogen-bond donors (Lipinski definition) is 1. The number of morpholine rings is 1. The minimum Gasteiger partial charge on any atom is -0.361 e. The zero-order valence-electron chi connectivity index (χ0n) is 15.8. The van der Waals surface area contributed by atoms with Crippen molar-refractivity contribution in [1.29, 1.82) is 0 Å². The van der Waals surface area contributed by atoms with Crippen LogP contribution in [0.1, 0.15) is 28.9 Å². The van der Waals surface area contributed by atoms with Gasteiger partial charge < -0.3 is 19.5 Å². The fraction of sp³-hybridized carbons (Fsp3) is 0.381. The molecule has 0 saturated carbocycles. The maximum Gasteiger partial charge on any atom is 0.260 e. The van der Waals surface area contributed by atoms with E-state index in [2.05, 4.69) is 4.98 Å². The normalized spacial score (nSPS) is 22.5. The fourth-order valence-corrected chi connectivity index (χ4v) is 3.99. The number of hydrogen-bond acceptors (Lipinski definition) is 4. The highest BCUT2D eigenvalue weighted by molar-refractivity contribution is 5.96. The molecule has 2 aliphatic heterocycles. The van der Waals surface area contributed by atoms with Crippen LogP contribution in [0.4, 0.5) is 5.69 Å². The second-order valence-corrected chi connectivity index (χ2v) is 7.50. The summed E-state index contributed by atoms with van der Waals surface area (Å²) in [5, 5.41) is 0. The standard InChI is InChI=1S/C21H23N3O4/c1-15-8-9-17(19(26)22-15)20(27)23-11-5-10-21(13-23)14-24(18(25)12-28-21)16-6-3-2-4-7-16/h2-4,6-9H,5,10-14H2,1H3,(H,22,26). The third-order valence-electron chi connectivity index (χ3n) is 5.43. The number of aromatic nitrogens is 1. The number of carbonyl (C=O) groups excluding carboxylic acids is 2. The number of H-pyrrole nitrogens is 1. The number of carbonyl (C=O) groups is 2. The maximum atomic E-state index is 12.9. The van der Waals surface area contributed by atoms with Crippen LogP contribution in [0.15, 0.2) is 47.3 Å². The predicted octanol–water partition coefficient (Wildman–Crippen LogP) is 1.72. The topological polar surface area (TPSA) is 82.7 Å². The molecule has 146 valence electrons. The molecule has 7 nitrogen and oxygen atoms in total. The van der Waals surface area contributed by atoms with Crippen molar-refractivity contribution in [3.05, 3.63) is 64.1 Å². The molecule has 2 aromatic rings. The number of para-hydroxylation sites is 1. The summed E-state index contributed by atoms with van der Waals surface area (Å²) in [6.45, 7) is 3.08. The molecule has 1 aromatic carbocycles. The first-order valence-corrected chi connectivity index (χ1v) is 9.46. The second-order valence-electron chi connectivity index (χ2n) is 7.50. The third kappa shape index (κ3) is 3.45. The van der Waals surface area contributed by atoms with E-state index in [4.69, 9.17) is 4.74 Å². The van der Waals surface area contributed by atoms with Gasteiger partial charge in [-0.3, -0.25) is 14.4 Å². The molecule has 0 bridgehead atoms. The van der Waals surface area contributed by atoms with Crippen molar-refractivity contribution in [2.45, 2.75) is 25.4 Å². The van der Waals surface area contributed by atoms with Crippen LogP contribution in [-0.2, 0) is 9.53 Å². The van der Waals surface area contributed by atoms with Gasteiger partial charge in [-0.15, -0.1) is 0 Å². The molecule has 1 spiro atoms. The van der Waals surface area contributed by atoms with Crippen molar-refractivity contribution in [1.82, 2.24) is 9.88 Å². The van der Waals surface area contributed by atoms with Crippen LogP contribution in [0.2, 0.25) is 0 Å². The van der Waals surface area contributed by atoms with Crippen molar-refractivity contribution in [2.75, 3.05) is 31.1 Å². The largest absolute Gasteiger partial charge is 0.361 e. The SMILES string of the molecule is Cc1ccc(C(=O)N2CCCC3(C2)CN(c2ccccc2)C(=O)CO3)c(=O)[nH]1. The monoisotopic (exact) mass is 381 g/mol. The van der Waals surface area contributed by atoms with Crippen molar-refractivity contribution in [3.8, 4) is 0 Å². The number of likely N-dealkylation sites (tertiary alicyclic amines) is 1.